The Hall–Kier alpha value is -2.54. The van der Waals surface area contributed by atoms with E-state index in [9.17, 15) is 9.59 Å². The quantitative estimate of drug-likeness (QED) is 0.588. The third kappa shape index (κ3) is 2.30. The Morgan fingerprint density at radius 1 is 1.40 bits per heavy atom. The minimum absolute atomic E-state index is 0.0997. The van der Waals surface area contributed by atoms with E-state index in [4.69, 9.17) is 4.42 Å². The van der Waals surface area contributed by atoms with E-state index in [1.807, 2.05) is 0 Å². The van der Waals surface area contributed by atoms with Crippen molar-refractivity contribution >= 4 is 16.9 Å². The van der Waals surface area contributed by atoms with Crippen molar-refractivity contribution in [2.75, 3.05) is 7.11 Å². The van der Waals surface area contributed by atoms with Crippen LogP contribution in [-0.4, -0.2) is 13.1 Å². The molecule has 0 spiro atoms. The highest BCUT2D eigenvalue weighted by Gasteiger charge is 2.18. The van der Waals surface area contributed by atoms with E-state index in [2.05, 4.69) is 16.6 Å². The molecule has 0 aliphatic heterocycles. The first-order valence-electron chi connectivity index (χ1n) is 6.36. The van der Waals surface area contributed by atoms with E-state index in [1.54, 1.807) is 18.2 Å². The van der Waals surface area contributed by atoms with E-state index in [0.29, 0.717) is 22.5 Å². The molecular formula is C16H12O4. The smallest absolute Gasteiger partial charge is 0.374 e. The molecule has 4 nitrogen and oxygen atoms in total. The molecule has 0 radical (unpaired) electrons. The molecular weight excluding hydrogens is 256 g/mol. The molecule has 1 aromatic heterocycles. The first kappa shape index (κ1) is 12.5. The normalized spacial score (nSPS) is 13.7. The first-order chi connectivity index (χ1) is 9.69. The Balaban J connectivity index is 2.18. The van der Waals surface area contributed by atoms with Gasteiger partial charge in [0.15, 0.2) is 5.43 Å². The number of rotatable bonds is 1. The first-order valence-corrected chi connectivity index (χ1v) is 6.36. The fraction of sp³-hybridized carbons (Fsp3) is 0.250. The highest BCUT2D eigenvalue weighted by molar-refractivity contribution is 5.90. The van der Waals surface area contributed by atoms with Crippen LogP contribution in [0.3, 0.4) is 0 Å². The number of esters is 1. The summed E-state index contributed by atoms with van der Waals surface area (Å²) in [6.07, 6.45) is 2.25. The summed E-state index contributed by atoms with van der Waals surface area (Å²) in [4.78, 5) is 23.6. The van der Waals surface area contributed by atoms with Crippen molar-refractivity contribution in [3.63, 3.8) is 0 Å². The second kappa shape index (κ2) is 4.86. The Bertz CT molecular complexity index is 801. The van der Waals surface area contributed by atoms with Gasteiger partial charge in [-0.25, -0.2) is 4.79 Å². The van der Waals surface area contributed by atoms with E-state index in [0.717, 1.165) is 18.9 Å². The standard InChI is InChI=1S/C16H12O4/c1-19-16(18)14-9-12(17)15-11(8-7-10-5-6-10)3-2-4-13(15)20-14/h2-4,9-10H,5-6H2,1H3. The molecule has 0 amide bonds. The van der Waals surface area contributed by atoms with Gasteiger partial charge in [0.1, 0.15) is 5.58 Å². The molecule has 0 unspecified atom stereocenters. The van der Waals surface area contributed by atoms with Crippen LogP contribution in [0, 0.1) is 17.8 Å². The Labute approximate surface area is 115 Å². The van der Waals surface area contributed by atoms with Gasteiger partial charge in [-0.1, -0.05) is 17.9 Å². The van der Waals surface area contributed by atoms with Gasteiger partial charge in [-0.2, -0.15) is 0 Å². The number of ether oxygens (including phenoxy) is 1. The molecule has 3 rings (SSSR count). The van der Waals surface area contributed by atoms with Crippen LogP contribution < -0.4 is 5.43 Å². The maximum Gasteiger partial charge on any atom is 0.374 e. The van der Waals surface area contributed by atoms with Gasteiger partial charge in [0.05, 0.1) is 12.5 Å². The van der Waals surface area contributed by atoms with Crippen LogP contribution in [0.5, 0.6) is 0 Å². The second-order valence-electron chi connectivity index (χ2n) is 4.69. The molecule has 20 heavy (non-hydrogen) atoms. The van der Waals surface area contributed by atoms with Crippen LogP contribution in [0.2, 0.25) is 0 Å². The van der Waals surface area contributed by atoms with Gasteiger partial charge in [-0.05, 0) is 25.0 Å². The number of fused-ring (bicyclic) bond motifs is 1. The third-order valence-electron chi connectivity index (χ3n) is 3.13. The van der Waals surface area contributed by atoms with Crippen LogP contribution in [0.4, 0.5) is 0 Å². The Morgan fingerprint density at radius 2 is 2.20 bits per heavy atom. The SMILES string of the molecule is COC(=O)c1cc(=O)c2c(C#CC3CC3)cccc2o1. The van der Waals surface area contributed by atoms with Crippen molar-refractivity contribution in [3.05, 3.63) is 45.8 Å². The van der Waals surface area contributed by atoms with Crippen molar-refractivity contribution in [2.45, 2.75) is 12.8 Å². The number of hydrogen-bond donors (Lipinski definition) is 0. The lowest BCUT2D eigenvalue weighted by Gasteiger charge is -2.02. The molecule has 0 atom stereocenters. The fourth-order valence-electron chi connectivity index (χ4n) is 1.92. The molecule has 1 aliphatic carbocycles. The predicted octanol–water partition coefficient (Wildman–Crippen LogP) is 2.34. The summed E-state index contributed by atoms with van der Waals surface area (Å²) < 4.78 is 9.97. The van der Waals surface area contributed by atoms with Crippen molar-refractivity contribution in [3.8, 4) is 11.8 Å². The number of methoxy groups -OCH3 is 1. The maximum absolute atomic E-state index is 12.2. The van der Waals surface area contributed by atoms with Gasteiger partial charge in [-0.3, -0.25) is 4.79 Å². The molecule has 4 heteroatoms. The summed E-state index contributed by atoms with van der Waals surface area (Å²) in [5.74, 6) is 5.83. The summed E-state index contributed by atoms with van der Waals surface area (Å²) in [5, 5.41) is 0.410. The molecule has 0 bridgehead atoms. The molecule has 1 fully saturated rings. The second-order valence-corrected chi connectivity index (χ2v) is 4.69. The highest BCUT2D eigenvalue weighted by Crippen LogP contribution is 2.28. The van der Waals surface area contributed by atoms with Gasteiger partial charge in [0, 0.05) is 17.5 Å². The van der Waals surface area contributed by atoms with Gasteiger partial charge in [-0.15, -0.1) is 0 Å². The van der Waals surface area contributed by atoms with E-state index in [-0.39, 0.29) is 11.2 Å². The number of carbonyl (C=O) groups is 1. The van der Waals surface area contributed by atoms with Crippen molar-refractivity contribution in [1.82, 2.24) is 0 Å². The van der Waals surface area contributed by atoms with Crippen LogP contribution in [0.1, 0.15) is 29.0 Å². The van der Waals surface area contributed by atoms with E-state index < -0.39 is 5.97 Å². The van der Waals surface area contributed by atoms with E-state index in [1.165, 1.54) is 7.11 Å². The lowest BCUT2D eigenvalue weighted by atomic mass is 10.1. The van der Waals surface area contributed by atoms with Gasteiger partial charge in [0.25, 0.3) is 0 Å². The number of hydrogen-bond acceptors (Lipinski definition) is 4. The summed E-state index contributed by atoms with van der Waals surface area (Å²) >= 11 is 0. The van der Waals surface area contributed by atoms with Gasteiger partial charge < -0.3 is 9.15 Å². The zero-order valence-electron chi connectivity index (χ0n) is 10.9. The summed E-state index contributed by atoms with van der Waals surface area (Å²) in [6, 6.07) is 6.33. The number of carbonyl (C=O) groups excluding carboxylic acids is 1. The molecule has 1 heterocycles. The minimum atomic E-state index is -0.668. The average Bonchev–Trinajstić information content (AvgIpc) is 3.28. The lowest BCUT2D eigenvalue weighted by Crippen LogP contribution is -2.09. The Kier molecular flexibility index (Phi) is 3.03. The topological polar surface area (TPSA) is 56.5 Å². The van der Waals surface area contributed by atoms with Crippen LogP contribution in [0.15, 0.2) is 33.5 Å². The maximum atomic E-state index is 12.2. The lowest BCUT2D eigenvalue weighted by molar-refractivity contribution is 0.0565. The van der Waals surface area contributed by atoms with Crippen molar-refractivity contribution in [2.24, 2.45) is 5.92 Å². The summed E-state index contributed by atoms with van der Waals surface area (Å²) in [5.41, 5.74) is 0.701. The summed E-state index contributed by atoms with van der Waals surface area (Å²) in [6.45, 7) is 0. The van der Waals surface area contributed by atoms with Crippen LogP contribution in [-0.2, 0) is 4.74 Å². The van der Waals surface area contributed by atoms with Gasteiger partial charge >= 0.3 is 5.97 Å². The molecule has 0 saturated heterocycles. The molecule has 1 aromatic carbocycles. The third-order valence-corrected chi connectivity index (χ3v) is 3.13. The molecule has 2 aromatic rings. The van der Waals surface area contributed by atoms with Gasteiger partial charge in [0.2, 0.25) is 5.76 Å². The average molecular weight is 268 g/mol. The van der Waals surface area contributed by atoms with Crippen LogP contribution in [0.25, 0.3) is 11.0 Å². The molecule has 1 saturated carbocycles. The van der Waals surface area contributed by atoms with Crippen molar-refractivity contribution < 1.29 is 13.9 Å². The molecule has 100 valence electrons. The highest BCUT2D eigenvalue weighted by atomic mass is 16.5. The zero-order chi connectivity index (χ0) is 14.1. The predicted molar refractivity (Wildman–Crippen MR) is 73.4 cm³/mol. The Morgan fingerprint density at radius 3 is 2.90 bits per heavy atom. The molecule has 1 aliphatic rings. The largest absolute Gasteiger partial charge is 0.463 e. The fourth-order valence-corrected chi connectivity index (χ4v) is 1.92. The van der Waals surface area contributed by atoms with Crippen LogP contribution >= 0.6 is 0 Å². The van der Waals surface area contributed by atoms with E-state index >= 15 is 0 Å². The monoisotopic (exact) mass is 268 g/mol. The van der Waals surface area contributed by atoms with Crippen molar-refractivity contribution in [1.29, 1.82) is 0 Å². The summed E-state index contributed by atoms with van der Waals surface area (Å²) in [7, 11) is 1.24. The zero-order valence-corrected chi connectivity index (χ0v) is 10.9. The minimum Gasteiger partial charge on any atom is -0.463 e. The molecule has 0 N–H and O–H groups in total. The number of benzene rings is 1.